The molecule has 0 saturated heterocycles. The Balaban J connectivity index is 1.43. The van der Waals surface area contributed by atoms with Crippen LogP contribution in [0.3, 0.4) is 0 Å². The second-order valence-corrected chi connectivity index (χ2v) is 5.86. The van der Waals surface area contributed by atoms with Gasteiger partial charge in [-0.15, -0.1) is 0 Å². The van der Waals surface area contributed by atoms with E-state index in [0.717, 1.165) is 33.9 Å². The Morgan fingerprint density at radius 3 is 2.65 bits per heavy atom. The number of H-pyrrole nitrogens is 1. The lowest BCUT2D eigenvalue weighted by Crippen LogP contribution is -2.25. The first-order valence-corrected chi connectivity index (χ1v) is 8.03. The summed E-state index contributed by atoms with van der Waals surface area (Å²) in [6.07, 6.45) is 1.84. The van der Waals surface area contributed by atoms with Crippen molar-refractivity contribution in [1.82, 2.24) is 15.3 Å². The molecule has 1 amide bonds. The van der Waals surface area contributed by atoms with Crippen LogP contribution in [-0.2, 0) is 17.6 Å². The van der Waals surface area contributed by atoms with E-state index >= 15 is 0 Å². The highest BCUT2D eigenvalue weighted by atomic mass is 35.5. The molecule has 3 rings (SSSR count). The van der Waals surface area contributed by atoms with Crippen LogP contribution in [0.4, 0.5) is 0 Å². The van der Waals surface area contributed by atoms with Crippen molar-refractivity contribution in [2.45, 2.75) is 19.3 Å². The van der Waals surface area contributed by atoms with E-state index in [1.807, 2.05) is 48.5 Å². The number of benzene rings is 2. The number of aromatic amines is 1. The molecule has 0 unspecified atom stereocenters. The van der Waals surface area contributed by atoms with Gasteiger partial charge in [0.15, 0.2) is 0 Å². The predicted octanol–water partition coefficient (Wildman–Crippen LogP) is 3.51. The number of halogens is 1. The number of amides is 1. The Hall–Kier alpha value is -2.33. The van der Waals surface area contributed by atoms with Gasteiger partial charge in [-0.2, -0.15) is 0 Å². The van der Waals surface area contributed by atoms with E-state index in [-0.39, 0.29) is 5.91 Å². The lowest BCUT2D eigenvalue weighted by Gasteiger charge is -2.05. The van der Waals surface area contributed by atoms with Crippen molar-refractivity contribution in [3.63, 3.8) is 0 Å². The summed E-state index contributed by atoms with van der Waals surface area (Å²) in [7, 11) is 0. The van der Waals surface area contributed by atoms with E-state index in [9.17, 15) is 4.79 Å². The highest BCUT2D eigenvalue weighted by molar-refractivity contribution is 6.30. The summed E-state index contributed by atoms with van der Waals surface area (Å²) in [5.74, 6) is 0.887. The van der Waals surface area contributed by atoms with Gasteiger partial charge in [-0.1, -0.05) is 35.9 Å². The normalized spacial score (nSPS) is 10.8. The van der Waals surface area contributed by atoms with E-state index in [4.69, 9.17) is 11.6 Å². The lowest BCUT2D eigenvalue weighted by molar-refractivity contribution is -0.121. The molecule has 118 valence electrons. The van der Waals surface area contributed by atoms with Gasteiger partial charge in [0.2, 0.25) is 5.91 Å². The van der Waals surface area contributed by atoms with Crippen LogP contribution in [-0.4, -0.2) is 22.4 Å². The van der Waals surface area contributed by atoms with Crippen molar-refractivity contribution in [1.29, 1.82) is 0 Å². The fourth-order valence-electron chi connectivity index (χ4n) is 2.44. The zero-order valence-electron chi connectivity index (χ0n) is 12.7. The number of aromatic nitrogens is 2. The first kappa shape index (κ1) is 15.6. The lowest BCUT2D eigenvalue weighted by atomic mass is 10.1. The molecular weight excluding hydrogens is 310 g/mol. The summed E-state index contributed by atoms with van der Waals surface area (Å²) in [6.45, 7) is 0.626. The van der Waals surface area contributed by atoms with Crippen LogP contribution >= 0.6 is 11.6 Å². The number of fused-ring (bicyclic) bond motifs is 1. The summed E-state index contributed by atoms with van der Waals surface area (Å²) in [5.41, 5.74) is 3.10. The minimum absolute atomic E-state index is 0.0411. The van der Waals surface area contributed by atoms with Crippen LogP contribution in [0.5, 0.6) is 0 Å². The molecule has 2 N–H and O–H groups in total. The fraction of sp³-hybridized carbons (Fsp3) is 0.222. The number of hydrogen-bond donors (Lipinski definition) is 2. The molecule has 0 aliphatic rings. The van der Waals surface area contributed by atoms with Crippen molar-refractivity contribution in [2.24, 2.45) is 0 Å². The number of rotatable bonds is 6. The summed E-state index contributed by atoms with van der Waals surface area (Å²) >= 11 is 5.85. The molecule has 1 aromatic heterocycles. The Morgan fingerprint density at radius 1 is 1.09 bits per heavy atom. The average molecular weight is 328 g/mol. The Bertz CT molecular complexity index is 762. The molecule has 0 saturated carbocycles. The first-order valence-electron chi connectivity index (χ1n) is 7.65. The third kappa shape index (κ3) is 4.33. The zero-order valence-corrected chi connectivity index (χ0v) is 13.4. The minimum atomic E-state index is 0.0411. The second-order valence-electron chi connectivity index (χ2n) is 5.43. The summed E-state index contributed by atoms with van der Waals surface area (Å²) in [4.78, 5) is 19.6. The Kier molecular flexibility index (Phi) is 4.93. The SMILES string of the molecule is O=C(CCc1nc2ccccc2[nH]1)NCCc1ccc(Cl)cc1. The van der Waals surface area contributed by atoms with Crippen LogP contribution < -0.4 is 5.32 Å². The number of aryl methyl sites for hydroxylation is 1. The number of imidazole rings is 1. The van der Waals surface area contributed by atoms with E-state index in [2.05, 4.69) is 15.3 Å². The van der Waals surface area contributed by atoms with Crippen LogP contribution in [0.1, 0.15) is 17.8 Å². The van der Waals surface area contributed by atoms with Crippen molar-refractivity contribution in [3.8, 4) is 0 Å². The highest BCUT2D eigenvalue weighted by Gasteiger charge is 2.06. The maximum absolute atomic E-state index is 11.9. The van der Waals surface area contributed by atoms with Crippen LogP contribution in [0.15, 0.2) is 48.5 Å². The zero-order chi connectivity index (χ0) is 16.1. The van der Waals surface area contributed by atoms with Gasteiger partial charge in [-0.3, -0.25) is 4.79 Å². The molecule has 23 heavy (non-hydrogen) atoms. The fourth-order valence-corrected chi connectivity index (χ4v) is 2.57. The van der Waals surface area contributed by atoms with E-state index in [1.165, 1.54) is 0 Å². The summed E-state index contributed by atoms with van der Waals surface area (Å²) in [5, 5.41) is 3.66. The van der Waals surface area contributed by atoms with Gasteiger partial charge >= 0.3 is 0 Å². The monoisotopic (exact) mass is 327 g/mol. The molecule has 0 bridgehead atoms. The molecule has 3 aromatic rings. The van der Waals surface area contributed by atoms with Gasteiger partial charge in [0.1, 0.15) is 5.82 Å². The molecule has 5 heteroatoms. The number of hydrogen-bond acceptors (Lipinski definition) is 2. The topological polar surface area (TPSA) is 57.8 Å². The van der Waals surface area contributed by atoms with Crippen molar-refractivity contribution in [3.05, 3.63) is 64.9 Å². The smallest absolute Gasteiger partial charge is 0.220 e. The van der Waals surface area contributed by atoms with E-state index < -0.39 is 0 Å². The molecule has 4 nitrogen and oxygen atoms in total. The standard InChI is InChI=1S/C18H18ClN3O/c19-14-7-5-13(6-8-14)11-12-20-18(23)10-9-17-21-15-3-1-2-4-16(15)22-17/h1-8H,9-12H2,(H,20,23)(H,21,22). The molecular formula is C18H18ClN3O. The summed E-state index contributed by atoms with van der Waals surface area (Å²) < 4.78 is 0. The quantitative estimate of drug-likeness (QED) is 0.728. The number of nitrogens with zero attached hydrogens (tertiary/aromatic N) is 1. The first-order chi connectivity index (χ1) is 11.2. The van der Waals surface area contributed by atoms with E-state index in [1.54, 1.807) is 0 Å². The maximum Gasteiger partial charge on any atom is 0.220 e. The van der Waals surface area contributed by atoms with Crippen LogP contribution in [0.25, 0.3) is 11.0 Å². The Labute approximate surface area is 139 Å². The number of carbonyl (C=O) groups is 1. The van der Waals surface area contributed by atoms with Crippen molar-refractivity contribution >= 4 is 28.5 Å². The molecule has 0 aliphatic carbocycles. The molecule has 0 atom stereocenters. The summed E-state index contributed by atoms with van der Waals surface area (Å²) in [6, 6.07) is 15.5. The molecule has 0 aliphatic heterocycles. The number of nitrogens with one attached hydrogen (secondary N) is 2. The molecule has 0 spiro atoms. The molecule has 1 heterocycles. The molecule has 0 radical (unpaired) electrons. The molecule has 2 aromatic carbocycles. The second kappa shape index (κ2) is 7.29. The maximum atomic E-state index is 11.9. The number of carbonyl (C=O) groups excluding carboxylic acids is 1. The van der Waals surface area contributed by atoms with Crippen molar-refractivity contribution in [2.75, 3.05) is 6.54 Å². The average Bonchev–Trinajstić information content (AvgIpc) is 2.98. The highest BCUT2D eigenvalue weighted by Crippen LogP contribution is 2.11. The third-order valence-electron chi connectivity index (χ3n) is 3.68. The largest absolute Gasteiger partial charge is 0.356 e. The van der Waals surface area contributed by atoms with Crippen molar-refractivity contribution < 1.29 is 4.79 Å². The van der Waals surface area contributed by atoms with Crippen LogP contribution in [0, 0.1) is 0 Å². The van der Waals surface area contributed by atoms with Gasteiger partial charge in [0.25, 0.3) is 0 Å². The van der Waals surface area contributed by atoms with Gasteiger partial charge < -0.3 is 10.3 Å². The minimum Gasteiger partial charge on any atom is -0.356 e. The van der Waals surface area contributed by atoms with E-state index in [0.29, 0.717) is 19.4 Å². The third-order valence-corrected chi connectivity index (χ3v) is 3.93. The van der Waals surface area contributed by atoms with Gasteiger partial charge in [-0.25, -0.2) is 4.98 Å². The molecule has 0 fully saturated rings. The van der Waals surface area contributed by atoms with Gasteiger partial charge in [0, 0.05) is 24.4 Å². The number of para-hydroxylation sites is 2. The predicted molar refractivity (Wildman–Crippen MR) is 92.6 cm³/mol. The van der Waals surface area contributed by atoms with Gasteiger partial charge in [0.05, 0.1) is 11.0 Å². The Morgan fingerprint density at radius 2 is 1.87 bits per heavy atom. The van der Waals surface area contributed by atoms with Gasteiger partial charge in [-0.05, 0) is 36.2 Å². The van der Waals surface area contributed by atoms with Crippen LogP contribution in [0.2, 0.25) is 5.02 Å².